The predicted molar refractivity (Wildman–Crippen MR) is 65.8 cm³/mol. The van der Waals surface area contributed by atoms with Gasteiger partial charge in [-0.1, -0.05) is 23.2 Å². The highest BCUT2D eigenvalue weighted by atomic mass is 35.5. The second-order valence-electron chi connectivity index (χ2n) is 3.16. The molecule has 0 aliphatic carbocycles. The van der Waals surface area contributed by atoms with Gasteiger partial charge in [-0.2, -0.15) is 0 Å². The molecule has 0 aliphatic rings. The van der Waals surface area contributed by atoms with Crippen molar-refractivity contribution in [2.24, 2.45) is 0 Å². The van der Waals surface area contributed by atoms with Crippen LogP contribution in [0.5, 0.6) is 0 Å². The number of hydrogen-bond donors (Lipinski definition) is 1. The van der Waals surface area contributed by atoms with Gasteiger partial charge in [-0.25, -0.2) is 9.97 Å². The third kappa shape index (κ3) is 2.84. The summed E-state index contributed by atoms with van der Waals surface area (Å²) < 4.78 is 0. The molecule has 0 amide bonds. The van der Waals surface area contributed by atoms with Crippen molar-refractivity contribution in [2.45, 2.75) is 6.54 Å². The number of aromatic nitrogens is 2. The molecule has 82 valence electrons. The van der Waals surface area contributed by atoms with E-state index in [1.165, 1.54) is 0 Å². The molecule has 0 radical (unpaired) electrons. The molecule has 2 rings (SSSR count). The van der Waals surface area contributed by atoms with Crippen molar-refractivity contribution in [3.8, 4) is 0 Å². The lowest BCUT2D eigenvalue weighted by Gasteiger charge is -2.06. The number of halogens is 2. The number of nitrogens with one attached hydrogen (secondary N) is 1. The molecule has 1 N–H and O–H groups in total. The summed E-state index contributed by atoms with van der Waals surface area (Å²) in [6.07, 6.45) is 3.35. The molecule has 0 unspecified atom stereocenters. The highest BCUT2D eigenvalue weighted by Crippen LogP contribution is 2.21. The zero-order valence-corrected chi connectivity index (χ0v) is 9.83. The van der Waals surface area contributed by atoms with Gasteiger partial charge in [-0.05, 0) is 29.8 Å². The maximum absolute atomic E-state index is 6.02. The molecule has 1 heterocycles. The minimum absolute atomic E-state index is 0.545. The van der Waals surface area contributed by atoms with Crippen molar-refractivity contribution < 1.29 is 0 Å². The second kappa shape index (κ2) is 5.14. The van der Waals surface area contributed by atoms with E-state index in [4.69, 9.17) is 23.2 Å². The standard InChI is InChI=1S/C11H9Cl2N3/c12-9-2-3-10(13)8(6-9)7-16-11-14-4-1-5-15-11/h1-6H,7H2,(H,14,15,16). The first-order chi connectivity index (χ1) is 7.75. The molecule has 0 saturated carbocycles. The van der Waals surface area contributed by atoms with Crippen LogP contribution in [-0.2, 0) is 6.54 Å². The van der Waals surface area contributed by atoms with Crippen molar-refractivity contribution >= 4 is 29.2 Å². The third-order valence-electron chi connectivity index (χ3n) is 2.01. The highest BCUT2D eigenvalue weighted by Gasteiger charge is 2.01. The molecular weight excluding hydrogens is 245 g/mol. The molecule has 16 heavy (non-hydrogen) atoms. The summed E-state index contributed by atoms with van der Waals surface area (Å²) in [4.78, 5) is 8.10. The third-order valence-corrected chi connectivity index (χ3v) is 2.61. The van der Waals surface area contributed by atoms with E-state index >= 15 is 0 Å². The van der Waals surface area contributed by atoms with Crippen LogP contribution >= 0.6 is 23.2 Å². The van der Waals surface area contributed by atoms with E-state index in [1.807, 2.05) is 6.07 Å². The van der Waals surface area contributed by atoms with Crippen LogP contribution < -0.4 is 5.32 Å². The van der Waals surface area contributed by atoms with E-state index in [0.29, 0.717) is 22.5 Å². The summed E-state index contributed by atoms with van der Waals surface area (Å²) in [5.74, 6) is 0.568. The molecule has 0 fully saturated rings. The van der Waals surface area contributed by atoms with Gasteiger partial charge in [0.1, 0.15) is 0 Å². The number of nitrogens with zero attached hydrogens (tertiary/aromatic N) is 2. The van der Waals surface area contributed by atoms with E-state index in [1.54, 1.807) is 30.6 Å². The average molecular weight is 254 g/mol. The molecule has 0 atom stereocenters. The largest absolute Gasteiger partial charge is 0.350 e. The number of anilines is 1. The van der Waals surface area contributed by atoms with Crippen molar-refractivity contribution in [1.82, 2.24) is 9.97 Å². The first kappa shape index (κ1) is 11.2. The number of hydrogen-bond acceptors (Lipinski definition) is 3. The Bertz CT molecular complexity index is 474. The Balaban J connectivity index is 2.08. The predicted octanol–water partition coefficient (Wildman–Crippen LogP) is 3.40. The molecular formula is C11H9Cl2N3. The number of rotatable bonds is 3. The Morgan fingerprint density at radius 2 is 1.88 bits per heavy atom. The van der Waals surface area contributed by atoms with Gasteiger partial charge >= 0.3 is 0 Å². The van der Waals surface area contributed by atoms with Crippen LogP contribution in [-0.4, -0.2) is 9.97 Å². The van der Waals surface area contributed by atoms with Gasteiger partial charge in [0.2, 0.25) is 5.95 Å². The van der Waals surface area contributed by atoms with Crippen LogP contribution in [0.2, 0.25) is 10.0 Å². The van der Waals surface area contributed by atoms with E-state index in [-0.39, 0.29) is 0 Å². The van der Waals surface area contributed by atoms with Gasteiger partial charge in [0.05, 0.1) is 0 Å². The zero-order chi connectivity index (χ0) is 11.4. The van der Waals surface area contributed by atoms with Crippen LogP contribution in [0.15, 0.2) is 36.7 Å². The van der Waals surface area contributed by atoms with Gasteiger partial charge < -0.3 is 5.32 Å². The minimum atomic E-state index is 0.545. The molecule has 1 aromatic heterocycles. The van der Waals surface area contributed by atoms with E-state index < -0.39 is 0 Å². The maximum Gasteiger partial charge on any atom is 0.222 e. The lowest BCUT2D eigenvalue weighted by molar-refractivity contribution is 1.05. The Morgan fingerprint density at radius 3 is 2.62 bits per heavy atom. The molecule has 3 nitrogen and oxygen atoms in total. The fraction of sp³-hybridized carbons (Fsp3) is 0.0909. The first-order valence-electron chi connectivity index (χ1n) is 4.70. The average Bonchev–Trinajstić information content (AvgIpc) is 2.32. The molecule has 0 aliphatic heterocycles. The van der Waals surface area contributed by atoms with Crippen LogP contribution in [0.25, 0.3) is 0 Å². The minimum Gasteiger partial charge on any atom is -0.350 e. The Hall–Kier alpha value is -1.32. The van der Waals surface area contributed by atoms with Gasteiger partial charge in [-0.15, -0.1) is 0 Å². The van der Waals surface area contributed by atoms with Gasteiger partial charge in [0.15, 0.2) is 0 Å². The van der Waals surface area contributed by atoms with Crippen molar-refractivity contribution in [3.05, 3.63) is 52.3 Å². The smallest absolute Gasteiger partial charge is 0.222 e. The van der Waals surface area contributed by atoms with Crippen LogP contribution in [0.1, 0.15) is 5.56 Å². The summed E-state index contributed by atoms with van der Waals surface area (Å²) in [5.41, 5.74) is 0.918. The summed E-state index contributed by atoms with van der Waals surface area (Å²) in [7, 11) is 0. The molecule has 0 saturated heterocycles. The quantitative estimate of drug-likeness (QED) is 0.912. The van der Waals surface area contributed by atoms with Gasteiger partial charge in [-0.3, -0.25) is 0 Å². The topological polar surface area (TPSA) is 37.8 Å². The van der Waals surface area contributed by atoms with Gasteiger partial charge in [0, 0.05) is 29.0 Å². The lowest BCUT2D eigenvalue weighted by Crippen LogP contribution is -2.03. The Morgan fingerprint density at radius 1 is 1.12 bits per heavy atom. The monoisotopic (exact) mass is 253 g/mol. The van der Waals surface area contributed by atoms with E-state index in [2.05, 4.69) is 15.3 Å². The van der Waals surface area contributed by atoms with Crippen LogP contribution in [0.4, 0.5) is 5.95 Å². The summed E-state index contributed by atoms with van der Waals surface area (Å²) >= 11 is 11.9. The summed E-state index contributed by atoms with van der Waals surface area (Å²) in [6, 6.07) is 7.11. The normalized spacial score (nSPS) is 10.1. The van der Waals surface area contributed by atoms with Crippen molar-refractivity contribution in [3.63, 3.8) is 0 Å². The first-order valence-corrected chi connectivity index (χ1v) is 5.46. The fourth-order valence-corrected chi connectivity index (χ4v) is 1.62. The van der Waals surface area contributed by atoms with Crippen LogP contribution in [0.3, 0.4) is 0 Å². The lowest BCUT2D eigenvalue weighted by atomic mass is 10.2. The van der Waals surface area contributed by atoms with E-state index in [0.717, 1.165) is 5.56 Å². The Labute approximate surface area is 103 Å². The van der Waals surface area contributed by atoms with Crippen molar-refractivity contribution in [2.75, 3.05) is 5.32 Å². The molecule has 5 heteroatoms. The second-order valence-corrected chi connectivity index (χ2v) is 4.01. The SMILES string of the molecule is Clc1ccc(Cl)c(CNc2ncccn2)c1. The Kier molecular flexibility index (Phi) is 3.59. The van der Waals surface area contributed by atoms with Gasteiger partial charge in [0.25, 0.3) is 0 Å². The highest BCUT2D eigenvalue weighted by molar-refractivity contribution is 6.33. The zero-order valence-electron chi connectivity index (χ0n) is 8.32. The molecule has 0 bridgehead atoms. The maximum atomic E-state index is 6.02. The number of benzene rings is 1. The van der Waals surface area contributed by atoms with Crippen molar-refractivity contribution in [1.29, 1.82) is 0 Å². The summed E-state index contributed by atoms with van der Waals surface area (Å²) in [6.45, 7) is 0.545. The molecule has 0 spiro atoms. The summed E-state index contributed by atoms with van der Waals surface area (Å²) in [5, 5.41) is 4.40. The molecule has 2 aromatic rings. The fourth-order valence-electron chi connectivity index (χ4n) is 1.24. The molecule has 1 aromatic carbocycles. The van der Waals surface area contributed by atoms with Crippen LogP contribution in [0, 0.1) is 0 Å². The van der Waals surface area contributed by atoms with E-state index in [9.17, 15) is 0 Å².